The summed E-state index contributed by atoms with van der Waals surface area (Å²) in [6.07, 6.45) is 11.2. The van der Waals surface area contributed by atoms with Crippen molar-refractivity contribution in [1.29, 1.82) is 0 Å². The zero-order valence-corrected chi connectivity index (χ0v) is 9.89. The fraction of sp³-hybridized carbons (Fsp3) is 1.00. The van der Waals surface area contributed by atoms with Crippen LogP contribution in [-0.2, 0) is 0 Å². The molecule has 1 rings (SSSR count). The zero-order chi connectivity index (χ0) is 10.4. The van der Waals surface area contributed by atoms with E-state index in [4.69, 9.17) is 0 Å². The highest BCUT2D eigenvalue weighted by molar-refractivity contribution is 4.81. The first-order valence-corrected chi connectivity index (χ1v) is 6.36. The molecule has 1 N–H and O–H groups in total. The van der Waals surface area contributed by atoms with Crippen LogP contribution in [-0.4, -0.2) is 10.7 Å². The molecule has 0 aromatic rings. The number of unbranched alkanes of at least 4 members (excludes halogenated alkanes) is 3. The number of aliphatic hydroxyl groups is 1. The highest BCUT2D eigenvalue weighted by atomic mass is 16.3. The second-order valence-electron chi connectivity index (χ2n) is 5.31. The SMILES string of the molecule is CCCCCCC(C)(O)CC1CCC1. The van der Waals surface area contributed by atoms with Crippen LogP contribution in [0, 0.1) is 5.92 Å². The molecular weight excluding hydrogens is 172 g/mol. The minimum atomic E-state index is -0.376. The maximum atomic E-state index is 10.1. The highest BCUT2D eigenvalue weighted by Gasteiger charge is 2.28. The van der Waals surface area contributed by atoms with E-state index in [1.54, 1.807) is 0 Å². The Morgan fingerprint density at radius 1 is 1.21 bits per heavy atom. The van der Waals surface area contributed by atoms with Crippen molar-refractivity contribution in [2.75, 3.05) is 0 Å². The first kappa shape index (κ1) is 12.0. The topological polar surface area (TPSA) is 20.2 Å². The molecular formula is C13H26O. The maximum absolute atomic E-state index is 10.1. The molecule has 1 unspecified atom stereocenters. The Hall–Kier alpha value is -0.0400. The minimum Gasteiger partial charge on any atom is -0.390 e. The van der Waals surface area contributed by atoms with Crippen molar-refractivity contribution in [3.8, 4) is 0 Å². The molecule has 0 bridgehead atoms. The Morgan fingerprint density at radius 2 is 1.93 bits per heavy atom. The summed E-state index contributed by atoms with van der Waals surface area (Å²) in [5.41, 5.74) is -0.376. The van der Waals surface area contributed by atoms with Crippen molar-refractivity contribution in [2.24, 2.45) is 5.92 Å². The molecule has 0 aliphatic heterocycles. The van der Waals surface area contributed by atoms with Gasteiger partial charge in [-0.15, -0.1) is 0 Å². The van der Waals surface area contributed by atoms with Crippen LogP contribution < -0.4 is 0 Å². The number of hydrogen-bond acceptors (Lipinski definition) is 1. The monoisotopic (exact) mass is 198 g/mol. The lowest BCUT2D eigenvalue weighted by Gasteiger charge is -2.33. The van der Waals surface area contributed by atoms with Gasteiger partial charge >= 0.3 is 0 Å². The summed E-state index contributed by atoms with van der Waals surface area (Å²) in [7, 11) is 0. The van der Waals surface area contributed by atoms with Crippen LogP contribution in [0.3, 0.4) is 0 Å². The predicted molar refractivity (Wildman–Crippen MR) is 61.3 cm³/mol. The second kappa shape index (κ2) is 5.75. The molecule has 84 valence electrons. The third kappa shape index (κ3) is 4.45. The van der Waals surface area contributed by atoms with Crippen LogP contribution >= 0.6 is 0 Å². The van der Waals surface area contributed by atoms with E-state index >= 15 is 0 Å². The fourth-order valence-electron chi connectivity index (χ4n) is 2.35. The Morgan fingerprint density at radius 3 is 2.43 bits per heavy atom. The van der Waals surface area contributed by atoms with Gasteiger partial charge in [-0.2, -0.15) is 0 Å². The average molecular weight is 198 g/mol. The first-order chi connectivity index (χ1) is 6.64. The Balaban J connectivity index is 2.06. The molecule has 14 heavy (non-hydrogen) atoms. The van der Waals surface area contributed by atoms with Crippen molar-refractivity contribution in [2.45, 2.75) is 77.2 Å². The molecule has 1 aliphatic carbocycles. The number of hydrogen-bond donors (Lipinski definition) is 1. The van der Waals surface area contributed by atoms with E-state index in [9.17, 15) is 5.11 Å². The van der Waals surface area contributed by atoms with Crippen molar-refractivity contribution < 1.29 is 5.11 Å². The molecule has 0 aromatic carbocycles. The highest BCUT2D eigenvalue weighted by Crippen LogP contribution is 2.35. The van der Waals surface area contributed by atoms with Crippen LogP contribution in [0.5, 0.6) is 0 Å². The van der Waals surface area contributed by atoms with Crippen molar-refractivity contribution in [3.05, 3.63) is 0 Å². The van der Waals surface area contributed by atoms with Crippen LogP contribution in [0.1, 0.15) is 71.6 Å². The molecule has 1 fully saturated rings. The van der Waals surface area contributed by atoms with Gasteiger partial charge in [0, 0.05) is 0 Å². The molecule has 1 saturated carbocycles. The van der Waals surface area contributed by atoms with Gasteiger partial charge in [-0.05, 0) is 25.7 Å². The summed E-state index contributed by atoms with van der Waals surface area (Å²) in [6, 6.07) is 0. The molecule has 1 nitrogen and oxygen atoms in total. The summed E-state index contributed by atoms with van der Waals surface area (Å²) < 4.78 is 0. The molecule has 1 aliphatic rings. The fourth-order valence-corrected chi connectivity index (χ4v) is 2.35. The molecule has 0 aromatic heterocycles. The van der Waals surface area contributed by atoms with Crippen molar-refractivity contribution in [3.63, 3.8) is 0 Å². The van der Waals surface area contributed by atoms with Gasteiger partial charge < -0.3 is 5.11 Å². The van der Waals surface area contributed by atoms with Crippen LogP contribution in [0.25, 0.3) is 0 Å². The van der Waals surface area contributed by atoms with E-state index in [0.29, 0.717) is 0 Å². The lowest BCUT2D eigenvalue weighted by molar-refractivity contribution is 0.0103. The van der Waals surface area contributed by atoms with E-state index in [0.717, 1.165) is 18.8 Å². The van der Waals surface area contributed by atoms with Gasteiger partial charge in [0.15, 0.2) is 0 Å². The Labute approximate surface area is 88.9 Å². The van der Waals surface area contributed by atoms with Crippen molar-refractivity contribution >= 4 is 0 Å². The van der Waals surface area contributed by atoms with E-state index < -0.39 is 0 Å². The molecule has 1 heteroatoms. The minimum absolute atomic E-state index is 0.376. The number of rotatable bonds is 7. The van der Waals surface area contributed by atoms with Gasteiger partial charge in [0.25, 0.3) is 0 Å². The first-order valence-electron chi connectivity index (χ1n) is 6.36. The molecule has 0 saturated heterocycles. The van der Waals surface area contributed by atoms with Gasteiger partial charge in [-0.25, -0.2) is 0 Å². The van der Waals surface area contributed by atoms with Gasteiger partial charge in [-0.1, -0.05) is 51.9 Å². The van der Waals surface area contributed by atoms with Crippen LogP contribution in [0.2, 0.25) is 0 Å². The quantitative estimate of drug-likeness (QED) is 0.615. The third-order valence-corrected chi connectivity index (χ3v) is 3.52. The van der Waals surface area contributed by atoms with Crippen LogP contribution in [0.15, 0.2) is 0 Å². The third-order valence-electron chi connectivity index (χ3n) is 3.52. The normalized spacial score (nSPS) is 21.6. The lowest BCUT2D eigenvalue weighted by Crippen LogP contribution is -2.30. The smallest absolute Gasteiger partial charge is 0.0622 e. The Bertz CT molecular complexity index is 147. The summed E-state index contributed by atoms with van der Waals surface area (Å²) >= 11 is 0. The van der Waals surface area contributed by atoms with Crippen molar-refractivity contribution in [1.82, 2.24) is 0 Å². The predicted octanol–water partition coefficient (Wildman–Crippen LogP) is 3.90. The molecule has 0 radical (unpaired) electrons. The van der Waals surface area contributed by atoms with E-state index in [1.165, 1.54) is 44.9 Å². The van der Waals surface area contributed by atoms with E-state index in [1.807, 2.05) is 6.92 Å². The van der Waals surface area contributed by atoms with Gasteiger partial charge in [0.2, 0.25) is 0 Å². The largest absolute Gasteiger partial charge is 0.390 e. The van der Waals surface area contributed by atoms with Gasteiger partial charge in [-0.3, -0.25) is 0 Å². The Kier molecular flexibility index (Phi) is 4.94. The molecule has 1 atom stereocenters. The second-order valence-corrected chi connectivity index (χ2v) is 5.31. The summed E-state index contributed by atoms with van der Waals surface area (Å²) in [5.74, 6) is 0.830. The standard InChI is InChI=1S/C13H26O/c1-3-4-5-6-10-13(2,14)11-12-8-7-9-12/h12,14H,3-11H2,1-2H3. The average Bonchev–Trinajstić information content (AvgIpc) is 2.06. The maximum Gasteiger partial charge on any atom is 0.0622 e. The van der Waals surface area contributed by atoms with E-state index in [2.05, 4.69) is 6.92 Å². The molecule has 0 heterocycles. The zero-order valence-electron chi connectivity index (χ0n) is 9.89. The summed E-state index contributed by atoms with van der Waals surface area (Å²) in [4.78, 5) is 0. The van der Waals surface area contributed by atoms with Gasteiger partial charge in [0.05, 0.1) is 5.60 Å². The summed E-state index contributed by atoms with van der Waals surface area (Å²) in [5, 5.41) is 10.1. The lowest BCUT2D eigenvalue weighted by atomic mass is 9.76. The summed E-state index contributed by atoms with van der Waals surface area (Å²) in [6.45, 7) is 4.25. The van der Waals surface area contributed by atoms with Gasteiger partial charge in [0.1, 0.15) is 0 Å². The van der Waals surface area contributed by atoms with E-state index in [-0.39, 0.29) is 5.60 Å². The van der Waals surface area contributed by atoms with Crippen LogP contribution in [0.4, 0.5) is 0 Å². The molecule has 0 amide bonds. The molecule has 0 spiro atoms.